The third kappa shape index (κ3) is 5.25. The maximum absolute atomic E-state index is 12.3. The molecule has 1 aromatic carbocycles. The molecule has 1 saturated heterocycles. The van der Waals surface area contributed by atoms with Gasteiger partial charge in [-0.25, -0.2) is 4.98 Å². The van der Waals surface area contributed by atoms with Crippen molar-refractivity contribution >= 4 is 40.6 Å². The van der Waals surface area contributed by atoms with Crippen LogP contribution < -0.4 is 15.0 Å². The van der Waals surface area contributed by atoms with Gasteiger partial charge in [0.05, 0.1) is 28.9 Å². The Bertz CT molecular complexity index is 795. The fourth-order valence-corrected chi connectivity index (χ4v) is 3.45. The van der Waals surface area contributed by atoms with E-state index in [9.17, 15) is 4.79 Å². The van der Waals surface area contributed by atoms with E-state index in [0.717, 1.165) is 37.6 Å². The zero-order valence-corrected chi connectivity index (χ0v) is 16.6. The van der Waals surface area contributed by atoms with Gasteiger partial charge in [-0.05, 0) is 25.1 Å². The number of halogens is 2. The average molecular weight is 409 g/mol. The molecule has 0 saturated carbocycles. The number of hydrogen-bond acceptors (Lipinski definition) is 5. The third-order valence-electron chi connectivity index (χ3n) is 4.31. The first kappa shape index (κ1) is 19.7. The van der Waals surface area contributed by atoms with Gasteiger partial charge >= 0.3 is 0 Å². The van der Waals surface area contributed by atoms with Crippen LogP contribution >= 0.6 is 23.2 Å². The average Bonchev–Trinajstić information content (AvgIpc) is 2.65. The van der Waals surface area contributed by atoms with Gasteiger partial charge in [-0.2, -0.15) is 0 Å². The Kier molecular flexibility index (Phi) is 6.77. The summed E-state index contributed by atoms with van der Waals surface area (Å²) < 4.78 is 5.72. The number of nitrogens with one attached hydrogen (secondary N) is 1. The van der Waals surface area contributed by atoms with Gasteiger partial charge in [0.25, 0.3) is 0 Å². The van der Waals surface area contributed by atoms with Gasteiger partial charge in [-0.3, -0.25) is 9.69 Å². The molecule has 1 fully saturated rings. The molecule has 8 heteroatoms. The molecule has 1 aliphatic rings. The van der Waals surface area contributed by atoms with E-state index >= 15 is 0 Å². The van der Waals surface area contributed by atoms with Crippen molar-refractivity contribution in [2.45, 2.75) is 6.92 Å². The summed E-state index contributed by atoms with van der Waals surface area (Å²) in [5.41, 5.74) is 1.10. The minimum absolute atomic E-state index is 0.144. The highest BCUT2D eigenvalue weighted by molar-refractivity contribution is 6.36. The molecule has 0 atom stereocenters. The lowest BCUT2D eigenvalue weighted by molar-refractivity contribution is -0.117. The van der Waals surface area contributed by atoms with Crippen molar-refractivity contribution in [1.29, 1.82) is 0 Å². The van der Waals surface area contributed by atoms with Crippen LogP contribution in [0.5, 0.6) is 5.75 Å². The first-order chi connectivity index (χ1) is 13.1. The van der Waals surface area contributed by atoms with E-state index in [1.165, 1.54) is 6.20 Å². The molecular weight excluding hydrogens is 387 g/mol. The number of anilines is 2. The molecule has 0 aliphatic carbocycles. The number of rotatable bonds is 6. The second-order valence-corrected chi connectivity index (χ2v) is 7.04. The summed E-state index contributed by atoms with van der Waals surface area (Å²) in [6.45, 7) is 6.15. The fourth-order valence-electron chi connectivity index (χ4n) is 3.02. The van der Waals surface area contributed by atoms with Crippen LogP contribution in [0.25, 0.3) is 0 Å². The lowest BCUT2D eigenvalue weighted by Gasteiger charge is -2.36. The van der Waals surface area contributed by atoms with Crippen LogP contribution in [0.1, 0.15) is 6.92 Å². The molecule has 6 nitrogen and oxygen atoms in total. The predicted octanol–water partition coefficient (Wildman–Crippen LogP) is 3.55. The van der Waals surface area contributed by atoms with Gasteiger partial charge in [-0.1, -0.05) is 35.3 Å². The summed E-state index contributed by atoms with van der Waals surface area (Å²) in [5, 5.41) is 3.50. The Morgan fingerprint density at radius 3 is 2.67 bits per heavy atom. The van der Waals surface area contributed by atoms with Crippen LogP contribution in [-0.4, -0.2) is 55.1 Å². The smallest absolute Gasteiger partial charge is 0.239 e. The van der Waals surface area contributed by atoms with Gasteiger partial charge in [0.1, 0.15) is 5.75 Å². The van der Waals surface area contributed by atoms with E-state index in [4.69, 9.17) is 27.9 Å². The van der Waals surface area contributed by atoms with Crippen LogP contribution in [0.15, 0.2) is 36.5 Å². The Hall–Kier alpha value is -2.02. The van der Waals surface area contributed by atoms with E-state index in [2.05, 4.69) is 26.2 Å². The lowest BCUT2D eigenvalue weighted by atomic mass is 10.2. The van der Waals surface area contributed by atoms with E-state index in [-0.39, 0.29) is 5.91 Å². The molecule has 1 N–H and O–H groups in total. The topological polar surface area (TPSA) is 57.7 Å². The summed E-state index contributed by atoms with van der Waals surface area (Å²) >= 11 is 11.9. The van der Waals surface area contributed by atoms with Crippen molar-refractivity contribution in [3.05, 3.63) is 46.6 Å². The molecule has 0 unspecified atom stereocenters. The Balaban J connectivity index is 1.53. The zero-order chi connectivity index (χ0) is 19.2. The van der Waals surface area contributed by atoms with Crippen LogP contribution in [0.4, 0.5) is 11.5 Å². The third-order valence-corrected chi connectivity index (χ3v) is 4.81. The molecule has 3 rings (SSSR count). The number of benzene rings is 1. The first-order valence-corrected chi connectivity index (χ1v) is 9.62. The van der Waals surface area contributed by atoms with Crippen LogP contribution in [0, 0.1) is 0 Å². The minimum atomic E-state index is -0.144. The maximum atomic E-state index is 12.3. The molecular formula is C19H22Cl2N4O2. The van der Waals surface area contributed by atoms with Crippen molar-refractivity contribution in [2.24, 2.45) is 0 Å². The predicted molar refractivity (Wildman–Crippen MR) is 109 cm³/mol. The largest absolute Gasteiger partial charge is 0.492 e. The van der Waals surface area contributed by atoms with Crippen LogP contribution in [-0.2, 0) is 4.79 Å². The Morgan fingerprint density at radius 1 is 1.22 bits per heavy atom. The summed E-state index contributed by atoms with van der Waals surface area (Å²) in [6.07, 6.45) is 1.46. The van der Waals surface area contributed by atoms with Crippen LogP contribution in [0.3, 0.4) is 0 Å². The second kappa shape index (κ2) is 9.26. The van der Waals surface area contributed by atoms with E-state index in [1.54, 1.807) is 6.07 Å². The number of para-hydroxylation sites is 2. The van der Waals surface area contributed by atoms with Crippen molar-refractivity contribution in [3.63, 3.8) is 0 Å². The van der Waals surface area contributed by atoms with Crippen molar-refractivity contribution in [3.8, 4) is 5.75 Å². The summed E-state index contributed by atoms with van der Waals surface area (Å²) in [6, 6.07) is 9.61. The highest BCUT2D eigenvalue weighted by atomic mass is 35.5. The number of carbonyl (C=O) groups is 1. The first-order valence-electron chi connectivity index (χ1n) is 8.87. The molecule has 0 bridgehead atoms. The zero-order valence-electron chi connectivity index (χ0n) is 15.1. The summed E-state index contributed by atoms with van der Waals surface area (Å²) in [7, 11) is 0. The lowest BCUT2D eigenvalue weighted by Crippen LogP contribution is -2.48. The molecule has 1 amide bonds. The highest BCUT2D eigenvalue weighted by Gasteiger charge is 2.21. The SMILES string of the molecule is CCOc1ccccc1N1CCN(CC(=O)Nc2ncc(Cl)cc2Cl)CC1. The molecule has 144 valence electrons. The molecule has 2 heterocycles. The number of amides is 1. The van der Waals surface area contributed by atoms with E-state index in [0.29, 0.717) is 29.0 Å². The summed E-state index contributed by atoms with van der Waals surface area (Å²) in [4.78, 5) is 20.7. The fraction of sp³-hybridized carbons (Fsp3) is 0.368. The van der Waals surface area contributed by atoms with Gasteiger partial charge < -0.3 is 15.0 Å². The molecule has 1 aromatic heterocycles. The number of nitrogens with zero attached hydrogens (tertiary/aromatic N) is 3. The maximum Gasteiger partial charge on any atom is 0.239 e. The number of aromatic nitrogens is 1. The number of piperazine rings is 1. The minimum Gasteiger partial charge on any atom is -0.492 e. The molecule has 27 heavy (non-hydrogen) atoms. The molecule has 0 radical (unpaired) electrons. The Labute approximate surface area is 169 Å². The molecule has 1 aliphatic heterocycles. The van der Waals surface area contributed by atoms with Gasteiger partial charge in [0, 0.05) is 32.4 Å². The molecule has 2 aromatic rings. The van der Waals surface area contributed by atoms with Crippen LogP contribution in [0.2, 0.25) is 10.0 Å². The standard InChI is InChI=1S/C19H22Cl2N4O2/c1-2-27-17-6-4-3-5-16(17)25-9-7-24(8-10-25)13-18(26)23-19-15(21)11-14(20)12-22-19/h3-6,11-12H,2,7-10,13H2,1H3,(H,22,23,26). The Morgan fingerprint density at radius 2 is 1.96 bits per heavy atom. The van der Waals surface area contributed by atoms with Crippen molar-refractivity contribution < 1.29 is 9.53 Å². The van der Waals surface area contributed by atoms with E-state index in [1.807, 2.05) is 25.1 Å². The van der Waals surface area contributed by atoms with Gasteiger partial charge in [-0.15, -0.1) is 0 Å². The van der Waals surface area contributed by atoms with Gasteiger partial charge in [0.15, 0.2) is 5.82 Å². The van der Waals surface area contributed by atoms with Crippen molar-refractivity contribution in [2.75, 3.05) is 49.5 Å². The van der Waals surface area contributed by atoms with Crippen molar-refractivity contribution in [1.82, 2.24) is 9.88 Å². The summed E-state index contributed by atoms with van der Waals surface area (Å²) in [5.74, 6) is 1.08. The number of hydrogen-bond donors (Lipinski definition) is 1. The van der Waals surface area contributed by atoms with Gasteiger partial charge in [0.2, 0.25) is 5.91 Å². The normalized spacial score (nSPS) is 14.9. The highest BCUT2D eigenvalue weighted by Crippen LogP contribution is 2.29. The van der Waals surface area contributed by atoms with E-state index < -0.39 is 0 Å². The number of carbonyl (C=O) groups excluding carboxylic acids is 1. The molecule has 0 spiro atoms. The second-order valence-electron chi connectivity index (χ2n) is 6.20. The monoisotopic (exact) mass is 408 g/mol. The number of pyridine rings is 1. The number of ether oxygens (including phenoxy) is 1. The quantitative estimate of drug-likeness (QED) is 0.791.